The molecule has 15 rings (SSSR count). The first-order valence-corrected chi connectivity index (χ1v) is 40.2. The number of hydrogen-bond acceptors (Lipinski definition) is 17. The van der Waals surface area contributed by atoms with Crippen LogP contribution in [-0.4, -0.2) is 114 Å². The molecule has 11 fully saturated rings. The molecule has 4 unspecified atom stereocenters. The van der Waals surface area contributed by atoms with E-state index in [1.165, 1.54) is 17.0 Å². The number of halogens is 3. The summed E-state index contributed by atoms with van der Waals surface area (Å²) in [5, 5.41) is 0.586. The lowest BCUT2D eigenvalue weighted by atomic mass is 9.76. The van der Waals surface area contributed by atoms with Gasteiger partial charge in [-0.25, -0.2) is 8.78 Å². The summed E-state index contributed by atoms with van der Waals surface area (Å²) in [5.41, 5.74) is 2.78. The number of anilines is 2. The quantitative estimate of drug-likeness (QED) is 0.0428. The fourth-order valence-corrected chi connectivity index (χ4v) is 19.3. The molecule has 2 amide bonds. The van der Waals surface area contributed by atoms with Gasteiger partial charge >= 0.3 is 23.9 Å². The smallest absolute Gasteiger partial charge is 0.313 e. The molecule has 4 atom stereocenters. The number of rotatable bonds is 21. The fraction of sp³-hybridized carbons (Fsp3) is 0.605. The molecule has 22 heteroatoms. The number of nitrogens with zero attached hydrogens (tertiary/aromatic N) is 2. The standard InChI is InChI=1S/C22H26FNO4.C22H27NO4.C21H27ClO4.C21H25FO5/c23-18-12-15(7-8-19(18)24-11-3-6-20(24)26)9-10-22(16-4-1-2-5-16)14-17(25)13-21(27)28-22;24-19-14-21(26)27-22(15-19,17-4-1-2-5-17)12-11-16-7-9-18(10-8-16)23-13-3-6-20(23)25;1-14(2)25-19-8-7-15(11-18(19)22)9-10-21(16-5-3-4-6-16)13-17(23)12-20(24)26-21;22-18-11-14(5-6-17(18)20-25-9-10-26-20)7-8-21(15-3-1-2-4-15)13-16(23)12-19(24)27-21/h7-8,12,16H,1-6,9-11,13-14H2;7-10,17H,1-6,11-15H2;7-8,11,14,16H,3-6,9-10,12-13H2,1-2H3;5-6,11,15,20H,1-4,7-10,12-13H2. The maximum atomic E-state index is 14.6. The average Bonchev–Trinajstić information content (AvgIpc) is 1.53. The summed E-state index contributed by atoms with van der Waals surface area (Å²) in [6.45, 7) is 6.21. The average molecular weight is 1510 g/mol. The Hall–Kier alpha value is -7.75. The lowest BCUT2D eigenvalue weighted by Gasteiger charge is -2.41. The summed E-state index contributed by atoms with van der Waals surface area (Å²) >= 11 is 6.34. The summed E-state index contributed by atoms with van der Waals surface area (Å²) in [7, 11) is 0. The van der Waals surface area contributed by atoms with Crippen molar-refractivity contribution >= 4 is 81.8 Å². The highest BCUT2D eigenvalue weighted by molar-refractivity contribution is 6.32. The van der Waals surface area contributed by atoms with Gasteiger partial charge in [-0.15, -0.1) is 0 Å². The number of amides is 2. The summed E-state index contributed by atoms with van der Waals surface area (Å²) in [4.78, 5) is 124. The van der Waals surface area contributed by atoms with E-state index in [9.17, 15) is 56.7 Å². The van der Waals surface area contributed by atoms with Crippen LogP contribution >= 0.6 is 11.6 Å². The molecule has 0 radical (unpaired) electrons. The van der Waals surface area contributed by atoms with Crippen LogP contribution in [0.15, 0.2) is 78.9 Å². The minimum atomic E-state index is -0.747. The van der Waals surface area contributed by atoms with Gasteiger partial charge < -0.3 is 43.0 Å². The highest BCUT2D eigenvalue weighted by atomic mass is 35.5. The van der Waals surface area contributed by atoms with E-state index in [-0.39, 0.29) is 115 Å². The molecule has 7 saturated heterocycles. The van der Waals surface area contributed by atoms with Crippen LogP contribution in [0.3, 0.4) is 0 Å². The zero-order valence-electron chi connectivity index (χ0n) is 62.7. The second kappa shape index (κ2) is 35.9. The first-order valence-electron chi connectivity index (χ1n) is 39.8. The van der Waals surface area contributed by atoms with E-state index in [1.807, 2.05) is 61.2 Å². The molecule has 4 aromatic carbocycles. The summed E-state index contributed by atoms with van der Waals surface area (Å²) in [6.07, 6.45) is 25.0. The molecule has 7 aliphatic heterocycles. The van der Waals surface area contributed by atoms with Gasteiger partial charge in [0.1, 0.15) is 88.6 Å². The predicted molar refractivity (Wildman–Crippen MR) is 398 cm³/mol. The predicted octanol–water partition coefficient (Wildman–Crippen LogP) is 15.8. The Kier molecular flexibility index (Phi) is 26.6. The third kappa shape index (κ3) is 19.9. The van der Waals surface area contributed by atoms with Crippen molar-refractivity contribution in [3.63, 3.8) is 0 Å². The Morgan fingerprint density at radius 3 is 1.14 bits per heavy atom. The maximum absolute atomic E-state index is 14.6. The third-order valence-electron chi connectivity index (χ3n) is 24.4. The molecular weight excluding hydrogens is 1410 g/mol. The van der Waals surface area contributed by atoms with Gasteiger partial charge in [-0.05, 0) is 218 Å². The van der Waals surface area contributed by atoms with Crippen molar-refractivity contribution in [2.24, 2.45) is 23.7 Å². The Morgan fingerprint density at radius 1 is 0.435 bits per heavy atom. The first kappa shape index (κ1) is 79.8. The molecule has 11 aliphatic rings. The number of carbonyl (C=O) groups is 10. The number of Topliss-reactive ketones (excluding diaryl/α,β-unsaturated/α-hetero) is 4. The lowest BCUT2D eigenvalue weighted by molar-refractivity contribution is -0.180. The summed E-state index contributed by atoms with van der Waals surface area (Å²) in [6, 6.07) is 23.9. The number of carbonyl (C=O) groups excluding carboxylic acids is 10. The van der Waals surface area contributed by atoms with E-state index in [2.05, 4.69) is 12.1 Å². The van der Waals surface area contributed by atoms with Crippen LogP contribution in [0.4, 0.5) is 20.2 Å². The second-order valence-electron chi connectivity index (χ2n) is 32.3. The van der Waals surface area contributed by atoms with Crippen molar-refractivity contribution in [1.29, 1.82) is 0 Å². The van der Waals surface area contributed by atoms with Crippen LogP contribution < -0.4 is 14.5 Å². The molecule has 4 aromatic rings. The third-order valence-corrected chi connectivity index (χ3v) is 24.7. The number of ketones is 4. The second-order valence-corrected chi connectivity index (χ2v) is 32.7. The zero-order chi connectivity index (χ0) is 76.2. The summed E-state index contributed by atoms with van der Waals surface area (Å²) in [5.74, 6) is -0.597. The van der Waals surface area contributed by atoms with Crippen LogP contribution in [0.2, 0.25) is 5.02 Å². The Morgan fingerprint density at radius 2 is 0.787 bits per heavy atom. The van der Waals surface area contributed by atoms with Gasteiger partial charge in [0, 0.05) is 62.9 Å². The summed E-state index contributed by atoms with van der Waals surface area (Å²) < 4.78 is 68.8. The van der Waals surface area contributed by atoms with Crippen LogP contribution in [0.25, 0.3) is 0 Å². The Labute approximate surface area is 637 Å². The lowest BCUT2D eigenvalue weighted by Crippen LogP contribution is -2.48. The van der Waals surface area contributed by atoms with Gasteiger partial charge in [-0.2, -0.15) is 0 Å². The van der Waals surface area contributed by atoms with Gasteiger partial charge in [0.2, 0.25) is 11.8 Å². The molecule has 0 N–H and O–H groups in total. The van der Waals surface area contributed by atoms with Crippen molar-refractivity contribution in [2.75, 3.05) is 36.1 Å². The molecule has 7 heterocycles. The number of esters is 4. The van der Waals surface area contributed by atoms with Gasteiger partial charge in [-0.1, -0.05) is 99.4 Å². The Bertz CT molecular complexity index is 3870. The number of aryl methyl sites for hydroxylation is 4. The molecule has 108 heavy (non-hydrogen) atoms. The minimum Gasteiger partial charge on any atom is -0.489 e. The van der Waals surface area contributed by atoms with Gasteiger partial charge in [-0.3, -0.25) is 47.9 Å². The van der Waals surface area contributed by atoms with Crippen molar-refractivity contribution in [1.82, 2.24) is 0 Å². The van der Waals surface area contributed by atoms with E-state index in [0.29, 0.717) is 112 Å². The molecular formula is C86H105ClF2N2O17. The van der Waals surface area contributed by atoms with Crippen LogP contribution in [0.1, 0.15) is 253 Å². The zero-order valence-corrected chi connectivity index (χ0v) is 63.5. The number of benzene rings is 4. The minimum absolute atomic E-state index is 0.00636. The van der Waals surface area contributed by atoms with E-state index >= 15 is 0 Å². The van der Waals surface area contributed by atoms with Crippen molar-refractivity contribution in [3.05, 3.63) is 123 Å². The van der Waals surface area contributed by atoms with Crippen LogP contribution in [0, 0.1) is 35.3 Å². The van der Waals surface area contributed by atoms with E-state index in [1.54, 1.807) is 12.1 Å². The number of ether oxygens (including phenoxy) is 7. The van der Waals surface area contributed by atoms with E-state index in [4.69, 9.17) is 44.8 Å². The van der Waals surface area contributed by atoms with Crippen molar-refractivity contribution in [3.8, 4) is 5.75 Å². The highest BCUT2D eigenvalue weighted by Gasteiger charge is 2.52. The van der Waals surface area contributed by atoms with Crippen LogP contribution in [0.5, 0.6) is 5.75 Å². The molecule has 4 saturated carbocycles. The van der Waals surface area contributed by atoms with Gasteiger partial charge in [0.25, 0.3) is 0 Å². The number of hydrogen-bond donors (Lipinski definition) is 0. The topological polar surface area (TPSA) is 242 Å². The maximum Gasteiger partial charge on any atom is 0.313 e. The SMILES string of the molecule is CC(C)Oc1ccc(CCC2(C3CCCC3)CC(=O)CC(=O)O2)cc1Cl.O=C1CC(=O)OC(CCc2ccc(C3OCCO3)c(F)c2)(C2CCCC2)C1.O=C1CC(=O)OC(CCc2ccc(N3CCCC3=O)c(F)c2)(C2CCCC2)C1.O=C1CC(=O)OC(CCc2ccc(N3CCCC3=O)cc2)(C2CCCC2)C1. The molecule has 19 nitrogen and oxygen atoms in total. The first-order chi connectivity index (χ1) is 52.0. The number of cyclic esters (lactones) is 4. The van der Waals surface area contributed by atoms with E-state index in [0.717, 1.165) is 163 Å². The van der Waals surface area contributed by atoms with Gasteiger partial charge in [0.05, 0.1) is 30.0 Å². The van der Waals surface area contributed by atoms with Crippen LogP contribution in [-0.2, 0) is 102 Å². The normalized spacial score (nSPS) is 26.1. The fourth-order valence-electron chi connectivity index (χ4n) is 19.0. The molecule has 0 bridgehead atoms. The monoisotopic (exact) mass is 1510 g/mol. The van der Waals surface area contributed by atoms with E-state index < -0.39 is 46.5 Å². The molecule has 4 aliphatic carbocycles. The molecule has 582 valence electrons. The Balaban J connectivity index is 0.000000135. The van der Waals surface area contributed by atoms with Crippen molar-refractivity contribution < 1.29 is 89.9 Å². The molecule has 0 aromatic heterocycles. The van der Waals surface area contributed by atoms with Crippen molar-refractivity contribution in [2.45, 2.75) is 280 Å². The largest absolute Gasteiger partial charge is 0.489 e. The highest BCUT2D eigenvalue weighted by Crippen LogP contribution is 2.49. The van der Waals surface area contributed by atoms with Gasteiger partial charge in [0.15, 0.2) is 6.29 Å². The molecule has 0 spiro atoms.